The van der Waals surface area contributed by atoms with Crippen LogP contribution in [0.3, 0.4) is 0 Å². The summed E-state index contributed by atoms with van der Waals surface area (Å²) in [5.74, 6) is -1.58. The molecule has 1 N–H and O–H groups in total. The molecular weight excluding hydrogens is 304 g/mol. The van der Waals surface area contributed by atoms with Gasteiger partial charge >= 0.3 is 0 Å². The standard InChI is InChI=1S/C13H13F2NO4S/c1-19-12(11-3-2-6-20-11)8-16-21(17,18)13-5-4-9(14)7-10(13)15/h2-7,12,16H,8H2,1H3. The third-order valence-corrected chi connectivity index (χ3v) is 4.24. The van der Waals surface area contributed by atoms with Crippen molar-refractivity contribution in [2.45, 2.75) is 11.0 Å². The molecule has 1 aromatic carbocycles. The first-order chi connectivity index (χ1) is 9.94. The van der Waals surface area contributed by atoms with Crippen LogP contribution in [-0.4, -0.2) is 22.1 Å². The number of hydrogen-bond donors (Lipinski definition) is 1. The van der Waals surface area contributed by atoms with Crippen molar-refractivity contribution in [1.29, 1.82) is 0 Å². The van der Waals surface area contributed by atoms with Crippen molar-refractivity contribution in [2.75, 3.05) is 13.7 Å². The van der Waals surface area contributed by atoms with E-state index in [-0.39, 0.29) is 6.54 Å². The second kappa shape index (κ2) is 6.33. The number of sulfonamides is 1. The van der Waals surface area contributed by atoms with E-state index in [2.05, 4.69) is 4.72 Å². The average Bonchev–Trinajstić information content (AvgIpc) is 2.93. The molecule has 0 aliphatic carbocycles. The van der Waals surface area contributed by atoms with Crippen molar-refractivity contribution in [2.24, 2.45) is 0 Å². The lowest BCUT2D eigenvalue weighted by Gasteiger charge is -2.14. The summed E-state index contributed by atoms with van der Waals surface area (Å²) in [6.45, 7) is -0.150. The van der Waals surface area contributed by atoms with Gasteiger partial charge in [-0.15, -0.1) is 0 Å². The van der Waals surface area contributed by atoms with Gasteiger partial charge in [-0.25, -0.2) is 21.9 Å². The smallest absolute Gasteiger partial charge is 0.243 e. The molecule has 0 spiro atoms. The minimum atomic E-state index is -4.12. The van der Waals surface area contributed by atoms with Crippen molar-refractivity contribution in [1.82, 2.24) is 4.72 Å². The first kappa shape index (κ1) is 15.6. The molecule has 8 heteroatoms. The maximum absolute atomic E-state index is 13.5. The molecule has 0 fully saturated rings. The van der Waals surface area contributed by atoms with Gasteiger partial charge < -0.3 is 9.15 Å². The van der Waals surface area contributed by atoms with Crippen LogP contribution < -0.4 is 4.72 Å². The van der Waals surface area contributed by atoms with Gasteiger partial charge in [0, 0.05) is 19.7 Å². The van der Waals surface area contributed by atoms with E-state index in [0.717, 1.165) is 12.1 Å². The molecule has 1 heterocycles. The van der Waals surface area contributed by atoms with Crippen molar-refractivity contribution in [3.63, 3.8) is 0 Å². The predicted molar refractivity (Wildman–Crippen MR) is 70.0 cm³/mol. The van der Waals surface area contributed by atoms with Gasteiger partial charge in [0.25, 0.3) is 0 Å². The fraction of sp³-hybridized carbons (Fsp3) is 0.231. The van der Waals surface area contributed by atoms with Gasteiger partial charge in [-0.1, -0.05) is 0 Å². The zero-order valence-electron chi connectivity index (χ0n) is 11.0. The minimum Gasteiger partial charge on any atom is -0.467 e. The Morgan fingerprint density at radius 3 is 2.67 bits per heavy atom. The van der Waals surface area contributed by atoms with Crippen LogP contribution in [0, 0.1) is 11.6 Å². The van der Waals surface area contributed by atoms with E-state index in [1.54, 1.807) is 12.1 Å². The van der Waals surface area contributed by atoms with Crippen LogP contribution in [0.4, 0.5) is 8.78 Å². The summed E-state index contributed by atoms with van der Waals surface area (Å²) in [6, 6.07) is 5.50. The van der Waals surface area contributed by atoms with Crippen molar-refractivity contribution in [3.8, 4) is 0 Å². The molecule has 21 heavy (non-hydrogen) atoms. The number of benzene rings is 1. The van der Waals surface area contributed by atoms with Crippen molar-refractivity contribution < 1.29 is 26.4 Å². The highest BCUT2D eigenvalue weighted by molar-refractivity contribution is 7.89. The molecule has 0 saturated heterocycles. The normalized spacial score (nSPS) is 13.3. The van der Waals surface area contributed by atoms with Gasteiger partial charge in [-0.3, -0.25) is 0 Å². The summed E-state index contributed by atoms with van der Waals surface area (Å²) >= 11 is 0. The van der Waals surface area contributed by atoms with Crippen molar-refractivity contribution in [3.05, 3.63) is 54.0 Å². The number of hydrogen-bond acceptors (Lipinski definition) is 4. The highest BCUT2D eigenvalue weighted by atomic mass is 32.2. The first-order valence-corrected chi connectivity index (χ1v) is 7.43. The van der Waals surface area contributed by atoms with Gasteiger partial charge in [0.2, 0.25) is 10.0 Å². The molecule has 1 unspecified atom stereocenters. The monoisotopic (exact) mass is 317 g/mol. The number of halogens is 2. The number of methoxy groups -OCH3 is 1. The quantitative estimate of drug-likeness (QED) is 0.887. The van der Waals surface area contributed by atoms with Gasteiger partial charge in [0.05, 0.1) is 6.26 Å². The highest BCUT2D eigenvalue weighted by Crippen LogP contribution is 2.19. The van der Waals surface area contributed by atoms with Crippen LogP contribution >= 0.6 is 0 Å². The maximum atomic E-state index is 13.5. The molecule has 0 bridgehead atoms. The van der Waals surface area contributed by atoms with E-state index in [1.807, 2.05) is 0 Å². The second-order valence-corrected chi connectivity index (χ2v) is 5.90. The zero-order chi connectivity index (χ0) is 15.5. The third-order valence-electron chi connectivity index (χ3n) is 2.79. The molecule has 114 valence electrons. The van der Waals surface area contributed by atoms with Crippen LogP contribution in [-0.2, 0) is 14.8 Å². The lowest BCUT2D eigenvalue weighted by molar-refractivity contribution is 0.0878. The minimum absolute atomic E-state index is 0.150. The summed E-state index contributed by atoms with van der Waals surface area (Å²) < 4.78 is 62.7. The number of furan rings is 1. The Hall–Kier alpha value is -1.77. The van der Waals surface area contributed by atoms with Gasteiger partial charge in [0.15, 0.2) is 0 Å². The molecule has 0 saturated carbocycles. The summed E-state index contributed by atoms with van der Waals surface area (Å²) in [6.07, 6.45) is 0.772. The van der Waals surface area contributed by atoms with E-state index in [1.165, 1.54) is 13.4 Å². The summed E-state index contributed by atoms with van der Waals surface area (Å²) in [7, 11) is -2.73. The fourth-order valence-electron chi connectivity index (χ4n) is 1.73. The van der Waals surface area contributed by atoms with E-state index in [4.69, 9.17) is 9.15 Å². The Bertz CT molecular complexity index is 701. The number of nitrogens with one attached hydrogen (secondary N) is 1. The van der Waals surface area contributed by atoms with E-state index >= 15 is 0 Å². The Morgan fingerprint density at radius 1 is 1.33 bits per heavy atom. The average molecular weight is 317 g/mol. The van der Waals surface area contributed by atoms with Crippen LogP contribution in [0.1, 0.15) is 11.9 Å². The zero-order valence-corrected chi connectivity index (χ0v) is 11.9. The topological polar surface area (TPSA) is 68.5 Å². The first-order valence-electron chi connectivity index (χ1n) is 5.95. The molecule has 5 nitrogen and oxygen atoms in total. The third kappa shape index (κ3) is 3.66. The Balaban J connectivity index is 2.14. The molecule has 0 aliphatic rings. The molecule has 0 amide bonds. The van der Waals surface area contributed by atoms with Crippen molar-refractivity contribution >= 4 is 10.0 Å². The molecule has 0 radical (unpaired) electrons. The van der Waals surface area contributed by atoms with Gasteiger partial charge in [-0.05, 0) is 24.3 Å². The number of ether oxygens (including phenoxy) is 1. The van der Waals surface area contributed by atoms with Gasteiger partial charge in [0.1, 0.15) is 28.4 Å². The lowest BCUT2D eigenvalue weighted by Crippen LogP contribution is -2.29. The van der Waals surface area contributed by atoms with Gasteiger partial charge in [-0.2, -0.15) is 0 Å². The summed E-state index contributed by atoms with van der Waals surface area (Å²) in [5.41, 5.74) is 0. The molecule has 2 rings (SSSR count). The maximum Gasteiger partial charge on any atom is 0.243 e. The molecular formula is C13H13F2NO4S. The molecule has 1 atom stereocenters. The van der Waals surface area contributed by atoms with Crippen LogP contribution in [0.25, 0.3) is 0 Å². The SMILES string of the molecule is COC(CNS(=O)(=O)c1ccc(F)cc1F)c1ccco1. The second-order valence-electron chi connectivity index (χ2n) is 4.17. The van der Waals surface area contributed by atoms with Crippen LogP contribution in [0.5, 0.6) is 0 Å². The van der Waals surface area contributed by atoms with E-state index < -0.39 is 32.7 Å². The molecule has 1 aromatic heterocycles. The predicted octanol–water partition coefficient (Wildman–Crippen LogP) is 2.22. The van der Waals surface area contributed by atoms with E-state index in [0.29, 0.717) is 11.8 Å². The Labute approximate surface area is 120 Å². The van der Waals surface area contributed by atoms with Crippen LogP contribution in [0.15, 0.2) is 45.9 Å². The molecule has 2 aromatic rings. The molecule has 0 aliphatic heterocycles. The lowest BCUT2D eigenvalue weighted by atomic mass is 10.3. The highest BCUT2D eigenvalue weighted by Gasteiger charge is 2.22. The Kier molecular flexibility index (Phi) is 4.71. The fourth-order valence-corrected chi connectivity index (χ4v) is 2.82. The largest absolute Gasteiger partial charge is 0.467 e. The summed E-state index contributed by atoms with van der Waals surface area (Å²) in [4.78, 5) is -0.627. The number of rotatable bonds is 6. The Morgan fingerprint density at radius 2 is 2.10 bits per heavy atom. The van der Waals surface area contributed by atoms with Crippen LogP contribution in [0.2, 0.25) is 0 Å². The summed E-state index contributed by atoms with van der Waals surface area (Å²) in [5, 5.41) is 0. The van der Waals surface area contributed by atoms with E-state index in [9.17, 15) is 17.2 Å².